The number of hydrogen-bond donors (Lipinski definition) is 4. The Morgan fingerprint density at radius 2 is 1.00 bits per heavy atom. The molecule has 12 heteroatoms. The lowest BCUT2D eigenvalue weighted by Crippen LogP contribution is -2.43. The molecular weight excluding hydrogens is 757 g/mol. The summed E-state index contributed by atoms with van der Waals surface area (Å²) in [5.41, 5.74) is 0. The molecule has 3 unspecified atom stereocenters. The van der Waals surface area contributed by atoms with Gasteiger partial charge in [-0.05, 0) is 89.9 Å². The number of aliphatic hydroxyl groups excluding tert-OH is 1. The molecule has 0 spiro atoms. The third kappa shape index (κ3) is 39.2. The van der Waals surface area contributed by atoms with Crippen LogP contribution < -0.4 is 5.32 Å². The highest BCUT2D eigenvalue weighted by Crippen LogP contribution is 2.43. The molecule has 0 aromatic rings. The SMILES string of the molecule is CC/C=C\C/C=C\C/C=C\C/C=C\C/C=C\C/C=C\CCCCC(=O)NC(COP(=O)(O)OCC(O)COC(=O)CCCCCCC/C=C\C/C=C\CCC)C(=O)O. The second-order valence-electron chi connectivity index (χ2n) is 13.8. The third-order valence-corrected chi connectivity index (χ3v) is 9.29. The predicted molar refractivity (Wildman–Crippen MR) is 235 cm³/mol. The van der Waals surface area contributed by atoms with Crippen molar-refractivity contribution in [1.82, 2.24) is 5.32 Å². The van der Waals surface area contributed by atoms with Gasteiger partial charge in [0.15, 0.2) is 6.04 Å². The number of ether oxygens (including phenoxy) is 1. The Morgan fingerprint density at radius 1 is 0.569 bits per heavy atom. The van der Waals surface area contributed by atoms with E-state index in [0.717, 1.165) is 96.3 Å². The van der Waals surface area contributed by atoms with E-state index in [1.807, 2.05) is 6.08 Å². The van der Waals surface area contributed by atoms with Crippen molar-refractivity contribution in [2.24, 2.45) is 0 Å². The number of phosphoric acid groups is 1. The highest BCUT2D eigenvalue weighted by atomic mass is 31.2. The number of carboxylic acids is 1. The first-order chi connectivity index (χ1) is 28.1. The number of amides is 1. The second-order valence-corrected chi connectivity index (χ2v) is 15.2. The third-order valence-electron chi connectivity index (χ3n) is 8.34. The first-order valence-electron chi connectivity index (χ1n) is 21.3. The number of carbonyl (C=O) groups is 3. The van der Waals surface area contributed by atoms with Gasteiger partial charge in [0.1, 0.15) is 12.7 Å². The van der Waals surface area contributed by atoms with E-state index < -0.39 is 57.6 Å². The summed E-state index contributed by atoms with van der Waals surface area (Å²) in [4.78, 5) is 45.9. The number of rotatable bonds is 38. The fourth-order valence-corrected chi connectivity index (χ4v) is 5.83. The van der Waals surface area contributed by atoms with Crippen LogP contribution in [0.3, 0.4) is 0 Å². The van der Waals surface area contributed by atoms with Crippen molar-refractivity contribution in [3.63, 3.8) is 0 Å². The summed E-state index contributed by atoms with van der Waals surface area (Å²) < 4.78 is 26.8. The van der Waals surface area contributed by atoms with Crippen molar-refractivity contribution in [1.29, 1.82) is 0 Å². The molecule has 1 amide bonds. The molecule has 0 saturated heterocycles. The summed E-state index contributed by atoms with van der Waals surface area (Å²) in [6.07, 6.45) is 50.1. The van der Waals surface area contributed by atoms with Crippen molar-refractivity contribution in [2.75, 3.05) is 19.8 Å². The van der Waals surface area contributed by atoms with Crippen LogP contribution in [0.25, 0.3) is 0 Å². The Hall–Kier alpha value is -3.60. The van der Waals surface area contributed by atoms with E-state index in [1.54, 1.807) is 0 Å². The maximum atomic E-state index is 12.3. The first kappa shape index (κ1) is 54.4. The number of phosphoric ester groups is 1. The van der Waals surface area contributed by atoms with Crippen LogP contribution in [0.15, 0.2) is 97.2 Å². The summed E-state index contributed by atoms with van der Waals surface area (Å²) in [5.74, 6) is -2.47. The number of carbonyl (C=O) groups excluding carboxylic acids is 2. The van der Waals surface area contributed by atoms with Crippen LogP contribution in [-0.4, -0.2) is 64.9 Å². The molecule has 3 atom stereocenters. The van der Waals surface area contributed by atoms with Gasteiger partial charge in [0.25, 0.3) is 0 Å². The molecule has 0 aromatic heterocycles. The topological polar surface area (TPSA) is 169 Å². The number of hydrogen-bond acceptors (Lipinski definition) is 8. The molecule has 0 heterocycles. The van der Waals surface area contributed by atoms with Crippen LogP contribution in [0.1, 0.15) is 142 Å². The van der Waals surface area contributed by atoms with Crippen molar-refractivity contribution in [3.05, 3.63) is 97.2 Å². The first-order valence-corrected chi connectivity index (χ1v) is 22.8. The summed E-state index contributed by atoms with van der Waals surface area (Å²) in [6.45, 7) is 2.34. The predicted octanol–water partition coefficient (Wildman–Crippen LogP) is 10.9. The van der Waals surface area contributed by atoms with Crippen LogP contribution in [0.2, 0.25) is 0 Å². The summed E-state index contributed by atoms with van der Waals surface area (Å²) in [7, 11) is -4.78. The monoisotopic (exact) mass is 832 g/mol. The minimum absolute atomic E-state index is 0.0834. The molecule has 11 nitrogen and oxygen atoms in total. The van der Waals surface area contributed by atoms with E-state index in [1.165, 1.54) is 6.42 Å². The average Bonchev–Trinajstić information content (AvgIpc) is 3.20. The smallest absolute Gasteiger partial charge is 0.472 e. The minimum atomic E-state index is -4.78. The Labute approximate surface area is 349 Å². The molecule has 0 rings (SSSR count). The van der Waals surface area contributed by atoms with Crippen molar-refractivity contribution >= 4 is 25.7 Å². The van der Waals surface area contributed by atoms with Crippen molar-refractivity contribution in [2.45, 2.75) is 154 Å². The molecule has 0 aliphatic carbocycles. The molecule has 0 saturated carbocycles. The highest BCUT2D eigenvalue weighted by Gasteiger charge is 2.28. The van der Waals surface area contributed by atoms with E-state index in [2.05, 4.69) is 110 Å². The Kier molecular flexibility index (Phi) is 37.7. The maximum Gasteiger partial charge on any atom is 0.472 e. The van der Waals surface area contributed by atoms with E-state index in [4.69, 9.17) is 13.8 Å². The lowest BCUT2D eigenvalue weighted by Gasteiger charge is -2.18. The fraction of sp³-hybridized carbons (Fsp3) is 0.587. The zero-order chi connectivity index (χ0) is 42.8. The van der Waals surface area contributed by atoms with Gasteiger partial charge in [-0.1, -0.05) is 137 Å². The van der Waals surface area contributed by atoms with Crippen molar-refractivity contribution in [3.8, 4) is 0 Å². The van der Waals surface area contributed by atoms with Gasteiger partial charge >= 0.3 is 19.8 Å². The number of aliphatic carboxylic acids is 1. The normalized spacial score (nSPS) is 14.7. The van der Waals surface area contributed by atoms with Crippen LogP contribution in [-0.2, 0) is 32.7 Å². The molecule has 4 N–H and O–H groups in total. The van der Waals surface area contributed by atoms with Crippen LogP contribution in [0.4, 0.5) is 0 Å². The van der Waals surface area contributed by atoms with Crippen LogP contribution in [0.5, 0.6) is 0 Å². The van der Waals surface area contributed by atoms with Gasteiger partial charge in [-0.25, -0.2) is 9.36 Å². The van der Waals surface area contributed by atoms with E-state index in [9.17, 15) is 34.1 Å². The zero-order valence-corrected chi connectivity index (χ0v) is 36.2. The molecule has 0 aliphatic rings. The molecular formula is C46H74NO10P. The van der Waals surface area contributed by atoms with E-state index in [-0.39, 0.29) is 12.8 Å². The number of carboxylic acid groups (broad SMARTS) is 1. The van der Waals surface area contributed by atoms with Crippen LogP contribution >= 0.6 is 7.82 Å². The lowest BCUT2D eigenvalue weighted by atomic mass is 10.1. The Bertz CT molecular complexity index is 1350. The van der Waals surface area contributed by atoms with Gasteiger partial charge in [0, 0.05) is 12.8 Å². The maximum absolute atomic E-state index is 12.3. The fourth-order valence-electron chi connectivity index (χ4n) is 5.06. The Morgan fingerprint density at radius 3 is 1.52 bits per heavy atom. The van der Waals surface area contributed by atoms with Gasteiger partial charge < -0.3 is 25.2 Å². The van der Waals surface area contributed by atoms with Gasteiger partial charge in [-0.3, -0.25) is 18.6 Å². The molecule has 0 fully saturated rings. The minimum Gasteiger partial charge on any atom is -0.480 e. The molecule has 0 radical (unpaired) electrons. The quantitative estimate of drug-likeness (QED) is 0.0203. The van der Waals surface area contributed by atoms with E-state index in [0.29, 0.717) is 12.8 Å². The van der Waals surface area contributed by atoms with E-state index >= 15 is 0 Å². The number of allylic oxidation sites excluding steroid dienone is 16. The van der Waals surface area contributed by atoms with Crippen LogP contribution in [0, 0.1) is 0 Å². The molecule has 0 aliphatic heterocycles. The molecule has 0 bridgehead atoms. The highest BCUT2D eigenvalue weighted by molar-refractivity contribution is 7.47. The molecule has 0 aromatic carbocycles. The van der Waals surface area contributed by atoms with Gasteiger partial charge in [-0.15, -0.1) is 0 Å². The largest absolute Gasteiger partial charge is 0.480 e. The lowest BCUT2D eigenvalue weighted by molar-refractivity contribution is -0.147. The standard InChI is InChI=1S/C46H74NO10P/c1-3-5-7-9-11-13-15-17-18-19-20-21-22-23-24-26-27-29-31-33-35-37-44(49)47-43(46(51)52)41-57-58(53,54)56-40-42(48)39-55-45(50)38-36-34-32-30-28-25-16-14-12-10-8-6-4-2/h5,7-8,10-11,13-14,16-18,20-21,23-24,27,29,42-43,48H,3-4,6,9,12,15,19,22,25-26,28,30-41H2,1-2H3,(H,47,49)(H,51,52)(H,53,54)/b7-5-,10-8-,13-11-,16-14-,18-17-,21-20-,24-23-,29-27-. The molecule has 328 valence electrons. The molecule has 58 heavy (non-hydrogen) atoms. The number of aliphatic hydroxyl groups is 1. The number of unbranched alkanes of at least 4 members (excludes halogenated alkanes) is 8. The zero-order valence-electron chi connectivity index (χ0n) is 35.3. The second kappa shape index (κ2) is 40.2. The van der Waals surface area contributed by atoms with Gasteiger partial charge in [0.05, 0.1) is 13.2 Å². The summed E-state index contributed by atoms with van der Waals surface area (Å²) >= 11 is 0. The number of nitrogens with one attached hydrogen (secondary N) is 1. The van der Waals surface area contributed by atoms with Crippen molar-refractivity contribution < 1.29 is 47.8 Å². The Balaban J connectivity index is 4.05. The number of esters is 1. The van der Waals surface area contributed by atoms with Gasteiger partial charge in [-0.2, -0.15) is 0 Å². The van der Waals surface area contributed by atoms with Gasteiger partial charge in [0.2, 0.25) is 5.91 Å². The summed E-state index contributed by atoms with van der Waals surface area (Å²) in [6, 6.07) is -1.58. The summed E-state index contributed by atoms with van der Waals surface area (Å²) in [5, 5.41) is 21.8. The average molecular weight is 832 g/mol.